The average Bonchev–Trinajstić information content (AvgIpc) is 3.53. The highest BCUT2D eigenvalue weighted by Crippen LogP contribution is 2.38. The van der Waals surface area contributed by atoms with Crippen LogP contribution in [0.5, 0.6) is 0 Å². The second-order valence-corrected chi connectivity index (χ2v) is 13.8. The molecule has 0 spiro atoms. The highest BCUT2D eigenvalue weighted by atomic mass is 35.5. The first-order chi connectivity index (χ1) is 20.3. The van der Waals surface area contributed by atoms with E-state index in [1.807, 2.05) is 13.8 Å². The molecule has 0 unspecified atom stereocenters. The van der Waals surface area contributed by atoms with Crippen LogP contribution in [-0.4, -0.2) is 78.5 Å². The smallest absolute Gasteiger partial charge is 0.247 e. The first kappa shape index (κ1) is 29.8. The monoisotopic (exact) mass is 631 g/mol. The third-order valence-electron chi connectivity index (χ3n) is 7.69. The maximum atomic E-state index is 15.4. The predicted octanol–water partition coefficient (Wildman–Crippen LogP) is 3.45. The largest absolute Gasteiger partial charge is 0.389 e. The third-order valence-corrected chi connectivity index (χ3v) is 9.86. The number of ether oxygens (including phenoxy) is 1. The minimum absolute atomic E-state index is 0.0115. The Labute approximate surface area is 252 Å². The van der Waals surface area contributed by atoms with Crippen LogP contribution in [0.25, 0.3) is 22.3 Å². The van der Waals surface area contributed by atoms with Gasteiger partial charge in [-0.15, -0.1) is 0 Å². The van der Waals surface area contributed by atoms with Crippen molar-refractivity contribution in [2.24, 2.45) is 0 Å². The lowest BCUT2D eigenvalue weighted by molar-refractivity contribution is 0.0129. The van der Waals surface area contributed by atoms with Crippen molar-refractivity contribution in [3.05, 3.63) is 59.5 Å². The normalized spacial score (nSPS) is 22.9. The second-order valence-electron chi connectivity index (χ2n) is 11.5. The minimum Gasteiger partial charge on any atom is -0.389 e. The van der Waals surface area contributed by atoms with Crippen molar-refractivity contribution in [3.63, 3.8) is 0 Å². The number of hydrogen-bond donors (Lipinski definition) is 3. The van der Waals surface area contributed by atoms with Gasteiger partial charge in [0.15, 0.2) is 5.82 Å². The first-order valence-electron chi connectivity index (χ1n) is 13.7. The molecule has 2 saturated heterocycles. The number of hydrogen-bond acceptors (Lipinski definition) is 10. The van der Waals surface area contributed by atoms with Gasteiger partial charge in [-0.05, 0) is 52.0 Å². The van der Waals surface area contributed by atoms with Crippen LogP contribution in [-0.2, 0) is 20.4 Å². The van der Waals surface area contributed by atoms with Gasteiger partial charge in [-0.2, -0.15) is 4.31 Å². The van der Waals surface area contributed by atoms with Crippen LogP contribution in [0.1, 0.15) is 46.0 Å². The number of aliphatic hydroxyl groups excluding tert-OH is 1. The SMILES string of the molecule is CC(C)n1c(C(C)(C)O)nc2c(F)cc(-c3nc(N[C@@H]4C[C@H]5OC[C@@H]([C@H]4O)N5S(=O)(=O)c4cccnc4)ncc3Cl)cc21. The van der Waals surface area contributed by atoms with Gasteiger partial charge in [0.05, 0.1) is 47.2 Å². The Hall–Kier alpha value is -3.27. The van der Waals surface area contributed by atoms with Gasteiger partial charge in [0, 0.05) is 30.4 Å². The number of anilines is 1. The molecular weight excluding hydrogens is 601 g/mol. The van der Waals surface area contributed by atoms with Gasteiger partial charge < -0.3 is 24.8 Å². The van der Waals surface area contributed by atoms with Crippen molar-refractivity contribution in [2.45, 2.75) is 75.1 Å². The van der Waals surface area contributed by atoms with Crippen LogP contribution < -0.4 is 5.32 Å². The number of aromatic nitrogens is 5. The van der Waals surface area contributed by atoms with E-state index in [2.05, 4.69) is 25.3 Å². The summed E-state index contributed by atoms with van der Waals surface area (Å²) in [5.41, 5.74) is -0.115. The number of nitrogens with one attached hydrogen (secondary N) is 1. The molecule has 2 bridgehead atoms. The number of nitrogens with zero attached hydrogens (tertiary/aromatic N) is 6. The quantitative estimate of drug-likeness (QED) is 0.276. The molecule has 3 N–H and O–H groups in total. The molecule has 43 heavy (non-hydrogen) atoms. The molecule has 0 amide bonds. The van der Waals surface area contributed by atoms with Gasteiger partial charge >= 0.3 is 0 Å². The molecule has 2 aliphatic rings. The number of imidazole rings is 1. The third kappa shape index (κ3) is 5.15. The molecule has 5 heterocycles. The number of rotatable bonds is 7. The lowest BCUT2D eigenvalue weighted by atomic mass is 9.97. The summed E-state index contributed by atoms with van der Waals surface area (Å²) in [6.07, 6.45) is 2.26. The average molecular weight is 632 g/mol. The van der Waals surface area contributed by atoms with Gasteiger partial charge in [-0.25, -0.2) is 27.8 Å². The van der Waals surface area contributed by atoms with Crippen LogP contribution in [0.3, 0.4) is 0 Å². The number of benzene rings is 1. The lowest BCUT2D eigenvalue weighted by Crippen LogP contribution is -2.58. The van der Waals surface area contributed by atoms with Crippen molar-refractivity contribution in [1.82, 2.24) is 28.8 Å². The summed E-state index contributed by atoms with van der Waals surface area (Å²) < 4.78 is 50.8. The van der Waals surface area contributed by atoms with Crippen LogP contribution in [0.2, 0.25) is 5.02 Å². The minimum atomic E-state index is -3.96. The summed E-state index contributed by atoms with van der Waals surface area (Å²) in [5, 5.41) is 25.2. The van der Waals surface area contributed by atoms with Crippen molar-refractivity contribution in [2.75, 3.05) is 11.9 Å². The molecule has 2 fully saturated rings. The van der Waals surface area contributed by atoms with E-state index in [1.54, 1.807) is 24.5 Å². The number of halogens is 2. The summed E-state index contributed by atoms with van der Waals surface area (Å²) in [5.74, 6) is -0.165. The molecule has 12 nitrogen and oxygen atoms in total. The molecule has 0 aliphatic carbocycles. The number of pyridine rings is 1. The Balaban J connectivity index is 1.31. The van der Waals surface area contributed by atoms with E-state index < -0.39 is 45.9 Å². The number of piperidine rings is 1. The summed E-state index contributed by atoms with van der Waals surface area (Å²) in [6.45, 7) is 7.03. The number of aliphatic hydroxyl groups is 2. The van der Waals surface area contributed by atoms with E-state index >= 15 is 4.39 Å². The van der Waals surface area contributed by atoms with E-state index in [4.69, 9.17) is 16.3 Å². The Morgan fingerprint density at radius 2 is 2.00 bits per heavy atom. The van der Waals surface area contributed by atoms with Gasteiger partial charge in [-0.1, -0.05) is 11.6 Å². The fourth-order valence-electron chi connectivity index (χ4n) is 5.76. The maximum Gasteiger partial charge on any atom is 0.247 e. The fraction of sp³-hybridized carbons (Fsp3) is 0.429. The molecule has 0 radical (unpaired) electrons. The van der Waals surface area contributed by atoms with Gasteiger partial charge in [-0.3, -0.25) is 4.98 Å². The van der Waals surface area contributed by atoms with Crippen LogP contribution in [0, 0.1) is 5.82 Å². The zero-order valence-electron chi connectivity index (χ0n) is 23.8. The van der Waals surface area contributed by atoms with Crippen LogP contribution >= 0.6 is 11.6 Å². The molecule has 1 aromatic carbocycles. The molecule has 2 aliphatic heterocycles. The molecule has 15 heteroatoms. The number of sulfonamides is 1. The van der Waals surface area contributed by atoms with Gasteiger partial charge in [0.1, 0.15) is 28.1 Å². The summed E-state index contributed by atoms with van der Waals surface area (Å²) in [6, 6.07) is 4.34. The first-order valence-corrected chi connectivity index (χ1v) is 15.6. The Kier molecular flexibility index (Phi) is 7.42. The Bertz CT molecular complexity index is 1800. The van der Waals surface area contributed by atoms with Crippen molar-refractivity contribution >= 4 is 38.6 Å². The van der Waals surface area contributed by atoms with E-state index in [1.165, 1.54) is 41.1 Å². The second kappa shape index (κ2) is 10.7. The van der Waals surface area contributed by atoms with E-state index in [0.717, 1.165) is 0 Å². The van der Waals surface area contributed by atoms with E-state index in [9.17, 15) is 18.6 Å². The zero-order chi connectivity index (χ0) is 30.8. The maximum absolute atomic E-state index is 15.4. The standard InChI is InChI=1S/C28H31ClFN7O5S/c1-14(2)36-20-9-15(8-18(30)24(20)34-26(36)28(3,4)39)23-17(29)12-32-27(35-23)33-19-10-22-37(21(13-42-22)25(19)38)43(40,41)16-6-5-7-31-11-16/h5-9,11-12,14,19,21-22,25,38-39H,10,13H2,1-4H3,(H,32,33,35)/t19-,21+,22-,25+/m1/s1. The molecule has 6 rings (SSSR count). The lowest BCUT2D eigenvalue weighted by Gasteiger charge is -2.39. The number of fused-ring (bicyclic) bond motifs is 3. The summed E-state index contributed by atoms with van der Waals surface area (Å²) in [7, 11) is -3.96. The fourth-order valence-corrected chi connectivity index (χ4v) is 7.65. The highest BCUT2D eigenvalue weighted by Gasteiger charge is 2.53. The molecule has 4 aromatic rings. The van der Waals surface area contributed by atoms with Crippen molar-refractivity contribution < 1.29 is 27.8 Å². The molecule has 4 atom stereocenters. The van der Waals surface area contributed by atoms with E-state index in [-0.39, 0.29) is 46.1 Å². The van der Waals surface area contributed by atoms with Crippen molar-refractivity contribution in [1.29, 1.82) is 0 Å². The topological polar surface area (TPSA) is 156 Å². The van der Waals surface area contributed by atoms with Gasteiger partial charge in [0.2, 0.25) is 16.0 Å². The summed E-state index contributed by atoms with van der Waals surface area (Å²) in [4.78, 5) is 17.1. The predicted molar refractivity (Wildman–Crippen MR) is 156 cm³/mol. The van der Waals surface area contributed by atoms with Crippen LogP contribution in [0.4, 0.5) is 10.3 Å². The molecule has 0 saturated carbocycles. The van der Waals surface area contributed by atoms with Gasteiger partial charge in [0.25, 0.3) is 0 Å². The van der Waals surface area contributed by atoms with E-state index in [0.29, 0.717) is 16.9 Å². The zero-order valence-corrected chi connectivity index (χ0v) is 25.4. The molecular formula is C28H31ClFN7O5S. The highest BCUT2D eigenvalue weighted by molar-refractivity contribution is 7.89. The van der Waals surface area contributed by atoms with Crippen molar-refractivity contribution in [3.8, 4) is 11.3 Å². The Morgan fingerprint density at radius 1 is 1.23 bits per heavy atom. The van der Waals surface area contributed by atoms with Crippen LogP contribution in [0.15, 0.2) is 47.8 Å². The summed E-state index contributed by atoms with van der Waals surface area (Å²) >= 11 is 6.48. The molecule has 3 aromatic heterocycles. The molecule has 228 valence electrons. The Morgan fingerprint density at radius 3 is 2.67 bits per heavy atom.